The summed E-state index contributed by atoms with van der Waals surface area (Å²) in [4.78, 5) is 37.9. The fourth-order valence-electron chi connectivity index (χ4n) is 6.53. The summed E-state index contributed by atoms with van der Waals surface area (Å²) in [5.74, 6) is -0.591. The topological polar surface area (TPSA) is 76.5 Å². The van der Waals surface area contributed by atoms with Crippen molar-refractivity contribution < 1.29 is 9.63 Å². The highest BCUT2D eigenvalue weighted by Gasteiger charge is 2.44. The third kappa shape index (κ3) is 3.97. The van der Waals surface area contributed by atoms with E-state index in [-0.39, 0.29) is 17.3 Å². The molecule has 172 valence electrons. The van der Waals surface area contributed by atoms with Gasteiger partial charge in [0.1, 0.15) is 0 Å². The molecule has 3 atom stereocenters. The average molecular weight is 439 g/mol. The highest BCUT2D eigenvalue weighted by atomic mass is 16.6. The maximum absolute atomic E-state index is 13.5. The van der Waals surface area contributed by atoms with Crippen LogP contribution in [0.15, 0.2) is 29.1 Å². The predicted octanol–water partition coefficient (Wildman–Crippen LogP) is 3.97. The Bertz CT molecular complexity index is 1010. The number of benzene rings is 1. The number of nitrogens with zero attached hydrogens (tertiary/aromatic N) is 3. The van der Waals surface area contributed by atoms with Crippen LogP contribution in [-0.2, 0) is 4.84 Å². The van der Waals surface area contributed by atoms with Gasteiger partial charge in [-0.2, -0.15) is 0 Å². The van der Waals surface area contributed by atoms with Crippen LogP contribution < -0.4 is 11.0 Å². The molecular weight excluding hydrogens is 404 g/mol. The Morgan fingerprint density at radius 3 is 2.28 bits per heavy atom. The number of amides is 1. The van der Waals surface area contributed by atoms with Gasteiger partial charge in [-0.15, -0.1) is 0 Å². The Labute approximate surface area is 189 Å². The minimum Gasteiger partial charge on any atom is -0.302 e. The van der Waals surface area contributed by atoms with Gasteiger partial charge in [-0.3, -0.25) is 19.3 Å². The van der Waals surface area contributed by atoms with E-state index in [9.17, 15) is 9.59 Å². The van der Waals surface area contributed by atoms with E-state index < -0.39 is 5.91 Å². The second kappa shape index (κ2) is 9.32. The van der Waals surface area contributed by atoms with Crippen LogP contribution in [0.5, 0.6) is 0 Å². The van der Waals surface area contributed by atoms with Gasteiger partial charge in [0.15, 0.2) is 5.69 Å². The Kier molecular flexibility index (Phi) is 6.28. The van der Waals surface area contributed by atoms with E-state index in [1.165, 1.54) is 64.9 Å². The normalized spacial score (nSPS) is 27.2. The molecule has 0 radical (unpaired) electrons. The third-order valence-electron chi connectivity index (χ3n) is 7.83. The molecule has 1 saturated carbocycles. The van der Waals surface area contributed by atoms with Crippen molar-refractivity contribution in [3.05, 3.63) is 40.3 Å². The van der Waals surface area contributed by atoms with Gasteiger partial charge in [0, 0.05) is 24.2 Å². The first-order valence-corrected chi connectivity index (χ1v) is 12.3. The van der Waals surface area contributed by atoms with E-state index >= 15 is 0 Å². The molecule has 1 amide bonds. The van der Waals surface area contributed by atoms with E-state index in [1.807, 2.05) is 28.8 Å². The largest absolute Gasteiger partial charge is 0.302 e. The molecule has 3 fully saturated rings. The molecule has 2 saturated heterocycles. The molecule has 2 aliphatic heterocycles. The number of carbonyl (C=O) groups is 1. The smallest absolute Gasteiger partial charge is 0.299 e. The molecule has 1 aromatic heterocycles. The van der Waals surface area contributed by atoms with Gasteiger partial charge in [0.2, 0.25) is 0 Å². The van der Waals surface area contributed by atoms with E-state index in [4.69, 9.17) is 4.84 Å². The van der Waals surface area contributed by atoms with Crippen LogP contribution in [0.1, 0.15) is 87.2 Å². The molecule has 32 heavy (non-hydrogen) atoms. The zero-order valence-corrected chi connectivity index (χ0v) is 19.0. The van der Waals surface area contributed by atoms with Crippen LogP contribution in [0.2, 0.25) is 0 Å². The summed E-state index contributed by atoms with van der Waals surface area (Å²) in [6.07, 6.45) is 13.8. The van der Waals surface area contributed by atoms with Crippen molar-refractivity contribution >= 4 is 16.9 Å². The molecular formula is C25H34N4O3. The zero-order chi connectivity index (χ0) is 22.1. The van der Waals surface area contributed by atoms with Gasteiger partial charge < -0.3 is 4.57 Å². The van der Waals surface area contributed by atoms with E-state index in [0.717, 1.165) is 18.4 Å². The van der Waals surface area contributed by atoms with Crippen molar-refractivity contribution in [3.63, 3.8) is 0 Å². The number of nitrogens with one attached hydrogen (secondary N) is 1. The summed E-state index contributed by atoms with van der Waals surface area (Å²) < 4.78 is 1.85. The standard InChI is InChI=1S/C25H34N4O3/c1-32-27-24(30)23-25(31)29(22-12-8-7-11-21(22)26-23)20-15-18-13-14-19(16-20)28(18)17-9-5-3-2-4-6-10-17/h7-8,11-12,17-20H,2-6,9-10,13-16H2,1H3,(H,27,30)/t18-,19+,20+. The Morgan fingerprint density at radius 2 is 1.59 bits per heavy atom. The molecule has 5 rings (SSSR count). The van der Waals surface area contributed by atoms with E-state index in [0.29, 0.717) is 23.6 Å². The molecule has 0 unspecified atom stereocenters. The molecule has 1 aliphatic carbocycles. The third-order valence-corrected chi connectivity index (χ3v) is 7.83. The summed E-state index contributed by atoms with van der Waals surface area (Å²) in [5.41, 5.74) is 3.34. The van der Waals surface area contributed by atoms with Crippen molar-refractivity contribution in [2.45, 2.75) is 94.8 Å². The molecule has 3 heterocycles. The summed E-state index contributed by atoms with van der Waals surface area (Å²) >= 11 is 0. The minimum atomic E-state index is -0.591. The second-order valence-corrected chi connectivity index (χ2v) is 9.72. The van der Waals surface area contributed by atoms with Gasteiger partial charge >= 0.3 is 0 Å². The number of rotatable bonds is 4. The number of hydroxylamine groups is 1. The maximum Gasteiger partial charge on any atom is 0.299 e. The summed E-state index contributed by atoms with van der Waals surface area (Å²) in [7, 11) is 1.36. The van der Waals surface area contributed by atoms with Crippen LogP contribution in [0.3, 0.4) is 0 Å². The van der Waals surface area contributed by atoms with Crippen molar-refractivity contribution in [1.29, 1.82) is 0 Å². The number of para-hydroxylation sites is 2. The Morgan fingerprint density at radius 1 is 0.938 bits per heavy atom. The number of carbonyl (C=O) groups excluding carboxylic acids is 1. The van der Waals surface area contributed by atoms with Crippen molar-refractivity contribution in [2.24, 2.45) is 0 Å². The number of aromatic nitrogens is 2. The zero-order valence-electron chi connectivity index (χ0n) is 19.0. The number of piperidine rings is 1. The molecule has 0 spiro atoms. The first-order chi connectivity index (χ1) is 15.7. The Balaban J connectivity index is 1.47. The number of fused-ring (bicyclic) bond motifs is 3. The quantitative estimate of drug-likeness (QED) is 0.731. The Hall–Kier alpha value is -2.25. The van der Waals surface area contributed by atoms with Crippen LogP contribution in [-0.4, -0.2) is 45.6 Å². The summed E-state index contributed by atoms with van der Waals surface area (Å²) in [6, 6.07) is 9.49. The maximum atomic E-state index is 13.5. The molecule has 2 aromatic rings. The van der Waals surface area contributed by atoms with Gasteiger partial charge in [-0.25, -0.2) is 10.5 Å². The lowest BCUT2D eigenvalue weighted by atomic mass is 9.89. The van der Waals surface area contributed by atoms with Gasteiger partial charge in [-0.05, 0) is 50.7 Å². The first-order valence-electron chi connectivity index (χ1n) is 12.3. The van der Waals surface area contributed by atoms with Crippen molar-refractivity contribution in [1.82, 2.24) is 19.9 Å². The molecule has 1 aromatic carbocycles. The fraction of sp³-hybridized carbons (Fsp3) is 0.640. The highest BCUT2D eigenvalue weighted by Crippen LogP contribution is 2.44. The van der Waals surface area contributed by atoms with Gasteiger partial charge in [-0.1, -0.05) is 44.2 Å². The van der Waals surface area contributed by atoms with Crippen LogP contribution in [0.25, 0.3) is 11.0 Å². The lowest BCUT2D eigenvalue weighted by Crippen LogP contribution is -2.50. The average Bonchev–Trinajstić information content (AvgIpc) is 3.02. The number of hydrogen-bond acceptors (Lipinski definition) is 5. The lowest BCUT2D eigenvalue weighted by molar-refractivity contribution is 0.0488. The fourth-order valence-corrected chi connectivity index (χ4v) is 6.53. The van der Waals surface area contributed by atoms with Crippen LogP contribution in [0, 0.1) is 0 Å². The molecule has 1 N–H and O–H groups in total. The minimum absolute atomic E-state index is 0.0896. The highest BCUT2D eigenvalue weighted by molar-refractivity contribution is 5.93. The van der Waals surface area contributed by atoms with Crippen LogP contribution >= 0.6 is 0 Å². The van der Waals surface area contributed by atoms with Gasteiger partial charge in [0.05, 0.1) is 18.1 Å². The van der Waals surface area contributed by atoms with E-state index in [1.54, 1.807) is 0 Å². The SMILES string of the molecule is CONC(=O)c1nc2ccccc2n([C@H]2C[C@H]3CC[C@@H](C2)N3C2CCCCCCC2)c1=O. The second-order valence-electron chi connectivity index (χ2n) is 9.72. The van der Waals surface area contributed by atoms with Crippen molar-refractivity contribution in [2.75, 3.05) is 7.11 Å². The molecule has 2 bridgehead atoms. The van der Waals surface area contributed by atoms with Crippen LogP contribution in [0.4, 0.5) is 0 Å². The first kappa shape index (κ1) is 21.6. The molecule has 7 heteroatoms. The molecule has 3 aliphatic rings. The monoisotopic (exact) mass is 438 g/mol. The number of hydrogen-bond donors (Lipinski definition) is 1. The predicted molar refractivity (Wildman–Crippen MR) is 124 cm³/mol. The molecule has 7 nitrogen and oxygen atoms in total. The lowest BCUT2D eigenvalue weighted by Gasteiger charge is -2.45. The summed E-state index contributed by atoms with van der Waals surface area (Å²) in [6.45, 7) is 0. The van der Waals surface area contributed by atoms with Crippen molar-refractivity contribution in [3.8, 4) is 0 Å². The summed E-state index contributed by atoms with van der Waals surface area (Å²) in [5, 5.41) is 0. The van der Waals surface area contributed by atoms with Gasteiger partial charge in [0.25, 0.3) is 11.5 Å². The van der Waals surface area contributed by atoms with E-state index in [2.05, 4.69) is 15.4 Å².